The van der Waals surface area contributed by atoms with Gasteiger partial charge in [-0.25, -0.2) is 13.6 Å². The maximum absolute atomic E-state index is 13.6. The molecule has 2 aromatic heterocycles. The van der Waals surface area contributed by atoms with Crippen LogP contribution in [0.1, 0.15) is 51.0 Å². The van der Waals surface area contributed by atoms with Crippen LogP contribution in [0, 0.1) is 5.41 Å². The highest BCUT2D eigenvalue weighted by Crippen LogP contribution is 2.42. The Labute approximate surface area is 237 Å². The average molecular weight is 564 g/mol. The second-order valence-electron chi connectivity index (χ2n) is 11.2. The van der Waals surface area contributed by atoms with E-state index in [1.165, 1.54) is 0 Å². The number of carbonyl (C=O) groups excluding carboxylic acids is 1. The predicted octanol–water partition coefficient (Wildman–Crippen LogP) is 7.75. The van der Waals surface area contributed by atoms with Gasteiger partial charge in [0, 0.05) is 60.3 Å². The fourth-order valence-electron chi connectivity index (χ4n) is 5.02. The Balaban J connectivity index is 1.53. The second-order valence-corrected chi connectivity index (χ2v) is 11.6. The van der Waals surface area contributed by atoms with Gasteiger partial charge in [0.2, 0.25) is 0 Å². The van der Waals surface area contributed by atoms with Crippen LogP contribution >= 0.6 is 12.2 Å². The van der Waals surface area contributed by atoms with Gasteiger partial charge in [-0.2, -0.15) is 0 Å². The maximum atomic E-state index is 13.6. The number of alkyl halides is 2. The molecule has 1 unspecified atom stereocenters. The van der Waals surface area contributed by atoms with E-state index in [2.05, 4.69) is 4.98 Å². The summed E-state index contributed by atoms with van der Waals surface area (Å²) in [7, 11) is 0. The van der Waals surface area contributed by atoms with E-state index in [-0.39, 0.29) is 25.9 Å². The molecule has 1 fully saturated rings. The second kappa shape index (κ2) is 10.6. The molecule has 2 aromatic carbocycles. The average Bonchev–Trinajstić information content (AvgIpc) is 3.34. The van der Waals surface area contributed by atoms with Crippen molar-refractivity contribution >= 4 is 34.3 Å². The minimum atomic E-state index is -2.62. The molecule has 6 nitrogen and oxygen atoms in total. The summed E-state index contributed by atoms with van der Waals surface area (Å²) >= 11 is 5.63. The molecule has 4 aromatic rings. The van der Waals surface area contributed by atoms with Crippen molar-refractivity contribution in [3.05, 3.63) is 78.3 Å². The first-order chi connectivity index (χ1) is 18.9. The quantitative estimate of drug-likeness (QED) is 0.250. The molecule has 1 aliphatic heterocycles. The summed E-state index contributed by atoms with van der Waals surface area (Å²) in [6.45, 7) is 6.34. The maximum Gasteiger partial charge on any atom is 0.405 e. The molecule has 1 aliphatic rings. The highest BCUT2D eigenvalue weighted by Gasteiger charge is 2.35. The molecular formula is C31H31F2N3O3S. The van der Waals surface area contributed by atoms with E-state index < -0.39 is 23.5 Å². The summed E-state index contributed by atoms with van der Waals surface area (Å²) in [5.74, 6) is -2.12. The van der Waals surface area contributed by atoms with Gasteiger partial charge in [0.1, 0.15) is 16.3 Å². The number of thiocarbonyl (C=S) groups is 1. The number of halogens is 2. The lowest BCUT2D eigenvalue weighted by atomic mass is 9.87. The fraction of sp³-hybridized carbons (Fsp3) is 0.323. The van der Waals surface area contributed by atoms with Gasteiger partial charge < -0.3 is 19.8 Å². The zero-order chi connectivity index (χ0) is 28.7. The molecule has 0 saturated carbocycles. The third-order valence-electron chi connectivity index (χ3n) is 7.15. The molecule has 40 heavy (non-hydrogen) atoms. The number of aromatic nitrogens is 1. The van der Waals surface area contributed by atoms with E-state index in [9.17, 15) is 13.6 Å². The number of piperidine rings is 1. The number of hydrogen-bond donors (Lipinski definition) is 1. The van der Waals surface area contributed by atoms with Crippen molar-refractivity contribution in [2.45, 2.75) is 45.6 Å². The number of pyridine rings is 1. The van der Waals surface area contributed by atoms with Crippen LogP contribution < -0.4 is 5.73 Å². The molecule has 2 N–H and O–H groups in total. The predicted molar refractivity (Wildman–Crippen MR) is 155 cm³/mol. The van der Waals surface area contributed by atoms with Crippen LogP contribution in [-0.4, -0.2) is 40.0 Å². The molecule has 1 atom stereocenters. The molecule has 0 spiro atoms. The number of nitrogens with zero attached hydrogens (tertiary/aromatic N) is 2. The van der Waals surface area contributed by atoms with Gasteiger partial charge in [-0.05, 0) is 47.0 Å². The Morgan fingerprint density at radius 3 is 2.27 bits per heavy atom. The highest BCUT2D eigenvalue weighted by atomic mass is 32.1. The van der Waals surface area contributed by atoms with Crippen molar-refractivity contribution in [3.63, 3.8) is 0 Å². The molecule has 0 bridgehead atoms. The van der Waals surface area contributed by atoms with Gasteiger partial charge in [-0.15, -0.1) is 0 Å². The molecule has 5 rings (SSSR count). The van der Waals surface area contributed by atoms with Crippen molar-refractivity contribution < 1.29 is 22.7 Å². The first-order valence-corrected chi connectivity index (χ1v) is 13.5. The number of amides is 1. The van der Waals surface area contributed by atoms with Crippen LogP contribution in [-0.2, 0) is 4.74 Å². The Hall–Kier alpha value is -3.85. The first kappa shape index (κ1) is 27.7. The molecule has 3 heterocycles. The summed E-state index contributed by atoms with van der Waals surface area (Å²) in [6.07, 6.45) is 1.52. The molecule has 1 amide bonds. The van der Waals surface area contributed by atoms with Crippen molar-refractivity contribution in [3.8, 4) is 22.3 Å². The topological polar surface area (TPSA) is 81.6 Å². The minimum Gasteiger partial charge on any atom is -0.456 e. The van der Waals surface area contributed by atoms with E-state index in [1.54, 1.807) is 12.4 Å². The fourth-order valence-corrected chi connectivity index (χ4v) is 5.34. The van der Waals surface area contributed by atoms with E-state index in [4.69, 9.17) is 27.1 Å². The number of likely N-dealkylation sites (tertiary alicyclic amines) is 1. The third-order valence-corrected chi connectivity index (χ3v) is 7.65. The molecule has 1 saturated heterocycles. The minimum absolute atomic E-state index is 0.184. The summed E-state index contributed by atoms with van der Waals surface area (Å²) in [4.78, 5) is 18.3. The summed E-state index contributed by atoms with van der Waals surface area (Å²) in [5.41, 5.74) is 10.1. The summed E-state index contributed by atoms with van der Waals surface area (Å²) in [5, 5.41) is 0.843. The van der Waals surface area contributed by atoms with Crippen LogP contribution in [0.4, 0.5) is 13.6 Å². The number of hydrogen-bond acceptors (Lipinski definition) is 5. The first-order valence-electron chi connectivity index (χ1n) is 13.1. The zero-order valence-corrected chi connectivity index (χ0v) is 23.4. The normalized spacial score (nSPS) is 16.1. The number of nitrogens with two attached hydrogens (primary N) is 1. The van der Waals surface area contributed by atoms with Gasteiger partial charge in [-0.1, -0.05) is 57.3 Å². The lowest BCUT2D eigenvalue weighted by Crippen LogP contribution is -2.42. The molecular weight excluding hydrogens is 532 g/mol. The van der Waals surface area contributed by atoms with Crippen LogP contribution in [0.3, 0.4) is 0 Å². The van der Waals surface area contributed by atoms with Crippen molar-refractivity contribution in [1.29, 1.82) is 0 Å². The van der Waals surface area contributed by atoms with Crippen molar-refractivity contribution in [1.82, 2.24) is 9.88 Å². The Morgan fingerprint density at radius 2 is 1.68 bits per heavy atom. The highest BCUT2D eigenvalue weighted by molar-refractivity contribution is 7.80. The van der Waals surface area contributed by atoms with Crippen LogP contribution in [0.5, 0.6) is 0 Å². The van der Waals surface area contributed by atoms with Crippen LogP contribution in [0.25, 0.3) is 33.2 Å². The Kier molecular flexibility index (Phi) is 7.35. The van der Waals surface area contributed by atoms with Gasteiger partial charge in [0.05, 0.1) is 0 Å². The summed E-state index contributed by atoms with van der Waals surface area (Å²) in [6, 6.07) is 17.6. The number of carbonyl (C=O) groups is 1. The molecule has 9 heteroatoms. The van der Waals surface area contributed by atoms with Crippen LogP contribution in [0.15, 0.2) is 71.4 Å². The smallest absolute Gasteiger partial charge is 0.405 e. The zero-order valence-electron chi connectivity index (χ0n) is 22.6. The number of fused-ring (bicyclic) bond motifs is 1. The number of ether oxygens (including phenoxy) is 1. The third kappa shape index (κ3) is 5.84. The largest absolute Gasteiger partial charge is 0.456 e. The molecule has 0 aliphatic carbocycles. The number of benzene rings is 2. The monoisotopic (exact) mass is 563 g/mol. The van der Waals surface area contributed by atoms with Crippen molar-refractivity contribution in [2.75, 3.05) is 13.1 Å². The number of rotatable bonds is 5. The van der Waals surface area contributed by atoms with Gasteiger partial charge >= 0.3 is 6.09 Å². The van der Waals surface area contributed by atoms with E-state index >= 15 is 0 Å². The number of primary amides is 1. The lowest BCUT2D eigenvalue weighted by molar-refractivity contribution is -0.0430. The van der Waals surface area contributed by atoms with Gasteiger partial charge in [0.25, 0.3) is 5.92 Å². The Morgan fingerprint density at radius 1 is 1.02 bits per heavy atom. The van der Waals surface area contributed by atoms with E-state index in [0.717, 1.165) is 33.2 Å². The lowest BCUT2D eigenvalue weighted by Gasteiger charge is -2.33. The Bertz CT molecular complexity index is 1540. The van der Waals surface area contributed by atoms with Crippen LogP contribution in [0.2, 0.25) is 0 Å². The van der Waals surface area contributed by atoms with E-state index in [0.29, 0.717) is 16.3 Å². The molecule has 0 radical (unpaired) electrons. The number of furan rings is 1. The standard InChI is InChI=1S/C31H31F2N3O3S/c1-30(2,3)27(39-29(34)37)25-18-23-16-22(17-24(26(23)38-25)20-8-12-35-13-9-20)19-4-6-21(7-5-19)28(40)36-14-10-31(32,33)11-15-36/h4-9,12-13,16-18,27H,10-11,14-15H2,1-3H3,(H2,34,37). The van der Waals surface area contributed by atoms with E-state index in [1.807, 2.05) is 80.3 Å². The summed E-state index contributed by atoms with van der Waals surface area (Å²) < 4.78 is 39.0. The SMILES string of the molecule is CC(C)(C)C(OC(N)=O)c1cc2cc(-c3ccc(C(=S)N4CCC(F)(F)CC4)cc3)cc(-c3ccncc3)c2o1. The molecule has 208 valence electrons. The van der Waals surface area contributed by atoms with Gasteiger partial charge in [-0.3, -0.25) is 4.98 Å². The van der Waals surface area contributed by atoms with Gasteiger partial charge in [0.15, 0.2) is 6.10 Å². The van der Waals surface area contributed by atoms with Crippen molar-refractivity contribution in [2.24, 2.45) is 11.1 Å².